The number of hydrogen-bond donors (Lipinski definition) is 1. The third kappa shape index (κ3) is 1.66. The second-order valence-corrected chi connectivity index (χ2v) is 3.95. The molecule has 90 valence electrons. The van der Waals surface area contributed by atoms with E-state index in [1.807, 2.05) is 13.1 Å². The van der Waals surface area contributed by atoms with E-state index < -0.39 is 0 Å². The zero-order valence-corrected chi connectivity index (χ0v) is 9.75. The fourth-order valence-corrected chi connectivity index (χ4v) is 1.90. The number of fused-ring (bicyclic) bond motifs is 1. The fraction of sp³-hybridized carbons (Fsp3) is 0.0769. The molecule has 5 nitrogen and oxygen atoms in total. The van der Waals surface area contributed by atoms with Crippen LogP contribution >= 0.6 is 0 Å². The van der Waals surface area contributed by atoms with Gasteiger partial charge in [0.25, 0.3) is 5.91 Å². The first-order valence-corrected chi connectivity index (χ1v) is 5.50. The van der Waals surface area contributed by atoms with E-state index in [0.717, 1.165) is 5.52 Å². The van der Waals surface area contributed by atoms with Gasteiger partial charge < -0.3 is 14.3 Å². The highest BCUT2D eigenvalue weighted by molar-refractivity contribution is 6.05. The topological polar surface area (TPSA) is 60.1 Å². The van der Waals surface area contributed by atoms with Gasteiger partial charge in [-0.3, -0.25) is 9.78 Å². The largest absolute Gasteiger partial charge is 0.463 e. The van der Waals surface area contributed by atoms with Gasteiger partial charge in [0.1, 0.15) is 5.69 Å². The minimum absolute atomic E-state index is 0.183. The lowest BCUT2D eigenvalue weighted by Gasteiger charge is -2.05. The van der Waals surface area contributed by atoms with E-state index in [1.54, 1.807) is 41.4 Å². The van der Waals surface area contributed by atoms with Gasteiger partial charge in [-0.15, -0.1) is 0 Å². The van der Waals surface area contributed by atoms with Crippen molar-refractivity contribution in [1.29, 1.82) is 0 Å². The van der Waals surface area contributed by atoms with Gasteiger partial charge in [-0.05, 0) is 12.1 Å². The number of carbonyl (C=O) groups excluding carboxylic acids is 1. The summed E-state index contributed by atoms with van der Waals surface area (Å²) in [5.41, 5.74) is 2.81. The molecule has 18 heavy (non-hydrogen) atoms. The van der Waals surface area contributed by atoms with Crippen molar-refractivity contribution in [3.63, 3.8) is 0 Å². The molecule has 0 aliphatic rings. The summed E-state index contributed by atoms with van der Waals surface area (Å²) in [7, 11) is 1.83. The summed E-state index contributed by atoms with van der Waals surface area (Å²) in [6, 6.07) is 7.11. The molecule has 0 atom stereocenters. The molecule has 0 unspecified atom stereocenters. The molecule has 0 bridgehead atoms. The highest BCUT2D eigenvalue weighted by atomic mass is 16.3. The highest BCUT2D eigenvalue weighted by Gasteiger charge is 2.14. The molecule has 0 spiro atoms. The number of aryl methyl sites for hydroxylation is 1. The number of nitrogens with zero attached hydrogens (tertiary/aromatic N) is 2. The molecule has 0 saturated carbocycles. The van der Waals surface area contributed by atoms with Crippen molar-refractivity contribution >= 4 is 22.7 Å². The van der Waals surface area contributed by atoms with Crippen LogP contribution in [0.15, 0.2) is 47.3 Å². The lowest BCUT2D eigenvalue weighted by atomic mass is 10.3. The number of hydrogen-bond acceptors (Lipinski definition) is 3. The maximum atomic E-state index is 12.1. The summed E-state index contributed by atoms with van der Waals surface area (Å²) in [6.07, 6.45) is 4.86. The summed E-state index contributed by atoms with van der Waals surface area (Å²) < 4.78 is 7.06. The zero-order chi connectivity index (χ0) is 12.5. The van der Waals surface area contributed by atoms with Crippen molar-refractivity contribution in [3.8, 4) is 0 Å². The Morgan fingerprint density at radius 1 is 1.44 bits per heavy atom. The summed E-state index contributed by atoms with van der Waals surface area (Å²) >= 11 is 0. The molecular formula is C13H11N3O2. The Hall–Kier alpha value is -2.56. The number of pyridine rings is 1. The van der Waals surface area contributed by atoms with Crippen molar-refractivity contribution in [2.75, 3.05) is 5.32 Å². The number of furan rings is 1. The van der Waals surface area contributed by atoms with Crippen molar-refractivity contribution in [2.45, 2.75) is 0 Å². The van der Waals surface area contributed by atoms with E-state index in [1.165, 1.54) is 0 Å². The van der Waals surface area contributed by atoms with Crippen LogP contribution in [0, 0.1) is 0 Å². The summed E-state index contributed by atoms with van der Waals surface area (Å²) in [5, 5.41) is 2.79. The third-order valence-corrected chi connectivity index (χ3v) is 2.82. The standard InChI is InChI=1S/C13H11N3O2/c1-16-10-4-6-18-12(10)7-11(16)13(17)15-9-3-2-5-14-8-9/h2-8H,1H3,(H,15,17). The third-order valence-electron chi connectivity index (χ3n) is 2.82. The second-order valence-electron chi connectivity index (χ2n) is 3.95. The van der Waals surface area contributed by atoms with Gasteiger partial charge in [0.05, 0.1) is 23.7 Å². The maximum absolute atomic E-state index is 12.1. The first-order valence-electron chi connectivity index (χ1n) is 5.50. The van der Waals surface area contributed by atoms with Crippen LogP contribution in [0.5, 0.6) is 0 Å². The molecule has 1 amide bonds. The molecule has 3 aromatic heterocycles. The Kier molecular flexibility index (Phi) is 2.37. The normalized spacial score (nSPS) is 10.7. The van der Waals surface area contributed by atoms with Gasteiger partial charge in [0.15, 0.2) is 5.58 Å². The van der Waals surface area contributed by atoms with E-state index in [2.05, 4.69) is 10.3 Å². The molecular weight excluding hydrogens is 230 g/mol. The Bertz CT molecular complexity index is 697. The summed E-state index contributed by atoms with van der Waals surface area (Å²) in [4.78, 5) is 16.0. The van der Waals surface area contributed by atoms with E-state index in [-0.39, 0.29) is 5.91 Å². The average Bonchev–Trinajstić information content (AvgIpc) is 2.94. The van der Waals surface area contributed by atoms with E-state index >= 15 is 0 Å². The molecule has 0 aliphatic carbocycles. The number of amides is 1. The van der Waals surface area contributed by atoms with E-state index in [9.17, 15) is 4.79 Å². The predicted octanol–water partition coefficient (Wildman–Crippen LogP) is 2.42. The second kappa shape index (κ2) is 4.03. The SMILES string of the molecule is Cn1c(C(=O)Nc2cccnc2)cc2occc21. The molecule has 1 N–H and O–H groups in total. The molecule has 5 heteroatoms. The lowest BCUT2D eigenvalue weighted by Crippen LogP contribution is -2.15. The van der Waals surface area contributed by atoms with Gasteiger partial charge in [-0.2, -0.15) is 0 Å². The molecule has 3 rings (SSSR count). The molecule has 0 fully saturated rings. The number of rotatable bonds is 2. The highest BCUT2D eigenvalue weighted by Crippen LogP contribution is 2.20. The Balaban J connectivity index is 1.92. The molecule has 3 aromatic rings. The van der Waals surface area contributed by atoms with Gasteiger partial charge in [0.2, 0.25) is 0 Å². The van der Waals surface area contributed by atoms with Crippen LogP contribution in [0.25, 0.3) is 11.1 Å². The van der Waals surface area contributed by atoms with E-state index in [0.29, 0.717) is 17.0 Å². The van der Waals surface area contributed by atoms with Crippen molar-refractivity contribution in [1.82, 2.24) is 9.55 Å². The summed E-state index contributed by atoms with van der Waals surface area (Å²) in [6.45, 7) is 0. The monoisotopic (exact) mass is 241 g/mol. The molecule has 0 radical (unpaired) electrons. The van der Waals surface area contributed by atoms with Gasteiger partial charge in [0, 0.05) is 25.4 Å². The average molecular weight is 241 g/mol. The van der Waals surface area contributed by atoms with Crippen LogP contribution in [0.2, 0.25) is 0 Å². The zero-order valence-electron chi connectivity index (χ0n) is 9.75. The van der Waals surface area contributed by atoms with Crippen LogP contribution in [0.4, 0.5) is 5.69 Å². The van der Waals surface area contributed by atoms with Crippen LogP contribution in [0.3, 0.4) is 0 Å². The fourth-order valence-electron chi connectivity index (χ4n) is 1.90. The molecule has 3 heterocycles. The van der Waals surface area contributed by atoms with Crippen molar-refractivity contribution in [2.24, 2.45) is 7.05 Å². The first kappa shape index (κ1) is 10.6. The predicted molar refractivity (Wildman–Crippen MR) is 67.4 cm³/mol. The molecule has 0 aliphatic heterocycles. The molecule has 0 saturated heterocycles. The first-order chi connectivity index (χ1) is 8.75. The number of carbonyl (C=O) groups is 1. The van der Waals surface area contributed by atoms with E-state index in [4.69, 9.17) is 4.42 Å². The Morgan fingerprint density at radius 2 is 2.33 bits per heavy atom. The van der Waals surface area contributed by atoms with Crippen LogP contribution < -0.4 is 5.32 Å². The van der Waals surface area contributed by atoms with Crippen molar-refractivity contribution in [3.05, 3.63) is 48.6 Å². The quantitative estimate of drug-likeness (QED) is 0.749. The van der Waals surface area contributed by atoms with Crippen LogP contribution in [0.1, 0.15) is 10.5 Å². The van der Waals surface area contributed by atoms with Gasteiger partial charge in [-0.25, -0.2) is 0 Å². The smallest absolute Gasteiger partial charge is 0.272 e. The molecule has 0 aromatic carbocycles. The van der Waals surface area contributed by atoms with Crippen LogP contribution in [-0.2, 0) is 7.05 Å². The maximum Gasteiger partial charge on any atom is 0.272 e. The lowest BCUT2D eigenvalue weighted by molar-refractivity contribution is 0.101. The number of anilines is 1. The summed E-state index contributed by atoms with van der Waals surface area (Å²) in [5.74, 6) is -0.183. The number of nitrogens with one attached hydrogen (secondary N) is 1. The minimum Gasteiger partial charge on any atom is -0.463 e. The number of aromatic nitrogens is 2. The van der Waals surface area contributed by atoms with Crippen molar-refractivity contribution < 1.29 is 9.21 Å². The van der Waals surface area contributed by atoms with Crippen LogP contribution in [-0.4, -0.2) is 15.5 Å². The van der Waals surface area contributed by atoms with Gasteiger partial charge >= 0.3 is 0 Å². The van der Waals surface area contributed by atoms with Gasteiger partial charge in [-0.1, -0.05) is 0 Å². The minimum atomic E-state index is -0.183. The Morgan fingerprint density at radius 3 is 3.06 bits per heavy atom. The Labute approximate surface area is 103 Å².